The fraction of sp³-hybridized carbons (Fsp3) is 0.625. The Kier molecular flexibility index (Phi) is 5.95. The zero-order valence-electron chi connectivity index (χ0n) is 14.4. The van der Waals surface area contributed by atoms with Crippen LogP contribution in [0.1, 0.15) is 35.2 Å². The second kappa shape index (κ2) is 7.58. The number of aryl methyl sites for hydroxylation is 1. The largest absolute Gasteiger partial charge is 0.385 e. The molecule has 1 aliphatic rings. The van der Waals surface area contributed by atoms with Gasteiger partial charge in [-0.05, 0) is 37.8 Å². The number of methoxy groups -OCH3 is 1. The van der Waals surface area contributed by atoms with Crippen molar-refractivity contribution in [3.05, 3.63) is 29.6 Å². The molecule has 1 amide bonds. The number of nitrogens with one attached hydrogen (secondary N) is 1. The molecule has 1 N–H and O–H groups in total. The number of nitrogens with zero attached hydrogens (tertiary/aromatic N) is 2. The highest BCUT2D eigenvalue weighted by atomic mass is 32.2. The lowest BCUT2D eigenvalue weighted by Gasteiger charge is -2.42. The van der Waals surface area contributed by atoms with E-state index < -0.39 is 15.6 Å². The lowest BCUT2D eigenvalue weighted by atomic mass is 9.85. The summed E-state index contributed by atoms with van der Waals surface area (Å²) in [4.78, 5) is 18.4. The van der Waals surface area contributed by atoms with Crippen molar-refractivity contribution in [3.63, 3.8) is 0 Å². The summed E-state index contributed by atoms with van der Waals surface area (Å²) in [5.41, 5.74) is 0.933. The summed E-state index contributed by atoms with van der Waals surface area (Å²) in [6.07, 6.45) is 6.12. The molecule has 8 heteroatoms. The van der Waals surface area contributed by atoms with E-state index in [0.29, 0.717) is 44.5 Å². The van der Waals surface area contributed by atoms with Gasteiger partial charge in [-0.25, -0.2) is 13.1 Å². The van der Waals surface area contributed by atoms with Gasteiger partial charge in [0, 0.05) is 44.7 Å². The zero-order valence-corrected chi connectivity index (χ0v) is 15.2. The van der Waals surface area contributed by atoms with E-state index in [1.54, 1.807) is 24.4 Å². The summed E-state index contributed by atoms with van der Waals surface area (Å²) in [7, 11) is -1.73. The number of sulfonamides is 1. The quantitative estimate of drug-likeness (QED) is 0.821. The van der Waals surface area contributed by atoms with Crippen LogP contribution in [0.2, 0.25) is 0 Å². The molecular weight excluding hydrogens is 330 g/mol. The van der Waals surface area contributed by atoms with E-state index in [-0.39, 0.29) is 5.91 Å². The summed E-state index contributed by atoms with van der Waals surface area (Å²) in [6.45, 7) is 3.35. The van der Waals surface area contributed by atoms with E-state index in [4.69, 9.17) is 4.74 Å². The van der Waals surface area contributed by atoms with Gasteiger partial charge in [-0.15, -0.1) is 0 Å². The fourth-order valence-electron chi connectivity index (χ4n) is 3.09. The molecule has 1 aromatic heterocycles. The third-order valence-corrected chi connectivity index (χ3v) is 5.27. The van der Waals surface area contributed by atoms with Gasteiger partial charge >= 0.3 is 0 Å². The van der Waals surface area contributed by atoms with Crippen molar-refractivity contribution < 1.29 is 17.9 Å². The summed E-state index contributed by atoms with van der Waals surface area (Å²) >= 11 is 0. The number of hydrogen-bond donors (Lipinski definition) is 1. The minimum absolute atomic E-state index is 0.0553. The molecule has 0 bridgehead atoms. The van der Waals surface area contributed by atoms with Crippen molar-refractivity contribution in [1.29, 1.82) is 0 Å². The fourth-order valence-corrected chi connectivity index (χ4v) is 4.18. The molecule has 2 rings (SSSR count). The number of rotatable bonds is 6. The van der Waals surface area contributed by atoms with Crippen molar-refractivity contribution >= 4 is 15.9 Å². The second-order valence-electron chi connectivity index (χ2n) is 6.38. The van der Waals surface area contributed by atoms with Crippen LogP contribution in [-0.4, -0.2) is 62.8 Å². The van der Waals surface area contributed by atoms with Gasteiger partial charge in [-0.1, -0.05) is 0 Å². The van der Waals surface area contributed by atoms with Crippen LogP contribution in [0, 0.1) is 6.92 Å². The van der Waals surface area contributed by atoms with Gasteiger partial charge < -0.3 is 9.64 Å². The molecule has 1 saturated heterocycles. The Balaban J connectivity index is 2.09. The van der Waals surface area contributed by atoms with Crippen LogP contribution in [0.4, 0.5) is 0 Å². The van der Waals surface area contributed by atoms with Crippen LogP contribution < -0.4 is 4.72 Å². The number of carbonyl (C=O) groups is 1. The van der Waals surface area contributed by atoms with Gasteiger partial charge in [-0.3, -0.25) is 9.78 Å². The second-order valence-corrected chi connectivity index (χ2v) is 8.13. The summed E-state index contributed by atoms with van der Waals surface area (Å²) < 4.78 is 31.3. The first-order chi connectivity index (χ1) is 11.3. The Labute approximate surface area is 143 Å². The average molecular weight is 355 g/mol. The molecular formula is C16H25N3O4S. The summed E-state index contributed by atoms with van der Waals surface area (Å²) in [5.74, 6) is -0.0553. The Hall–Kier alpha value is -1.51. The molecule has 1 fully saturated rings. The van der Waals surface area contributed by atoms with Crippen LogP contribution in [0.3, 0.4) is 0 Å². The van der Waals surface area contributed by atoms with Crippen molar-refractivity contribution in [2.75, 3.05) is 33.1 Å². The number of likely N-dealkylation sites (tertiary alicyclic amines) is 1. The number of ether oxygens (including phenoxy) is 1. The van der Waals surface area contributed by atoms with Crippen molar-refractivity contribution in [1.82, 2.24) is 14.6 Å². The predicted octanol–water partition coefficient (Wildman–Crippen LogP) is 0.951. The summed E-state index contributed by atoms with van der Waals surface area (Å²) in [6, 6.07) is 1.81. The molecule has 0 aliphatic carbocycles. The highest BCUT2D eigenvalue weighted by Crippen LogP contribution is 2.28. The van der Waals surface area contributed by atoms with E-state index in [1.807, 2.05) is 13.0 Å². The number of aromatic nitrogens is 1. The Morgan fingerprint density at radius 2 is 2.08 bits per heavy atom. The van der Waals surface area contributed by atoms with Gasteiger partial charge in [-0.2, -0.15) is 0 Å². The lowest BCUT2D eigenvalue weighted by molar-refractivity contribution is 0.0620. The Morgan fingerprint density at radius 3 is 2.62 bits per heavy atom. The van der Waals surface area contributed by atoms with Gasteiger partial charge in [0.05, 0.1) is 11.8 Å². The molecule has 0 saturated carbocycles. The number of piperidine rings is 1. The maximum Gasteiger partial charge on any atom is 0.255 e. The number of carbonyl (C=O) groups excluding carboxylic acids is 1. The number of pyridine rings is 1. The van der Waals surface area contributed by atoms with Crippen LogP contribution in [0.15, 0.2) is 18.5 Å². The molecule has 2 heterocycles. The standard InChI is InChI=1S/C16H25N3O4S/c1-13-4-8-17-12-14(13)15(20)19-9-5-16(6-10-19,7-11-23-2)18-24(3,21)22/h4,8,12,18H,5-7,9-11H2,1-3H3. The minimum atomic E-state index is -3.33. The maximum atomic E-state index is 12.7. The molecule has 0 atom stereocenters. The van der Waals surface area contributed by atoms with Crippen molar-refractivity contribution in [2.24, 2.45) is 0 Å². The maximum absolute atomic E-state index is 12.7. The van der Waals surface area contributed by atoms with Crippen LogP contribution in [0.25, 0.3) is 0 Å². The first-order valence-electron chi connectivity index (χ1n) is 7.94. The third-order valence-electron chi connectivity index (χ3n) is 4.46. The van der Waals surface area contributed by atoms with Gasteiger partial charge in [0.25, 0.3) is 5.91 Å². The molecule has 0 unspecified atom stereocenters. The van der Waals surface area contributed by atoms with Gasteiger partial charge in [0.15, 0.2) is 0 Å². The first-order valence-corrected chi connectivity index (χ1v) is 9.83. The van der Waals surface area contributed by atoms with Gasteiger partial charge in [0.1, 0.15) is 0 Å². The normalized spacial score (nSPS) is 17.7. The zero-order chi connectivity index (χ0) is 17.8. The van der Waals surface area contributed by atoms with Crippen LogP contribution in [-0.2, 0) is 14.8 Å². The van der Waals surface area contributed by atoms with Gasteiger partial charge in [0.2, 0.25) is 10.0 Å². The number of hydrogen-bond acceptors (Lipinski definition) is 5. The van der Waals surface area contributed by atoms with Crippen molar-refractivity contribution in [2.45, 2.75) is 31.7 Å². The highest BCUT2D eigenvalue weighted by molar-refractivity contribution is 7.88. The van der Waals surface area contributed by atoms with Crippen molar-refractivity contribution in [3.8, 4) is 0 Å². The smallest absolute Gasteiger partial charge is 0.255 e. The molecule has 0 radical (unpaired) electrons. The molecule has 134 valence electrons. The molecule has 0 spiro atoms. The topological polar surface area (TPSA) is 88.6 Å². The SMILES string of the molecule is COCCC1(NS(C)(=O)=O)CCN(C(=O)c2cnccc2C)CC1. The van der Waals surface area contributed by atoms with Crippen LogP contribution >= 0.6 is 0 Å². The number of amides is 1. The Bertz CT molecular complexity index is 682. The molecule has 7 nitrogen and oxygen atoms in total. The highest BCUT2D eigenvalue weighted by Gasteiger charge is 2.38. The Morgan fingerprint density at radius 1 is 1.42 bits per heavy atom. The van der Waals surface area contributed by atoms with E-state index in [2.05, 4.69) is 9.71 Å². The summed E-state index contributed by atoms with van der Waals surface area (Å²) in [5, 5.41) is 0. The van der Waals surface area contributed by atoms with E-state index in [1.165, 1.54) is 0 Å². The van der Waals surface area contributed by atoms with Crippen LogP contribution in [0.5, 0.6) is 0 Å². The molecule has 1 aromatic rings. The minimum Gasteiger partial charge on any atom is -0.385 e. The lowest BCUT2D eigenvalue weighted by Crippen LogP contribution is -2.56. The first kappa shape index (κ1) is 18.8. The monoisotopic (exact) mass is 355 g/mol. The average Bonchev–Trinajstić information content (AvgIpc) is 2.52. The van der Waals surface area contributed by atoms with E-state index in [0.717, 1.165) is 11.8 Å². The molecule has 1 aliphatic heterocycles. The van der Waals surface area contributed by atoms with E-state index >= 15 is 0 Å². The molecule has 0 aromatic carbocycles. The van der Waals surface area contributed by atoms with E-state index in [9.17, 15) is 13.2 Å². The predicted molar refractivity (Wildman–Crippen MR) is 91.3 cm³/mol. The molecule has 24 heavy (non-hydrogen) atoms. The third kappa shape index (κ3) is 4.75.